The molecule has 0 aliphatic carbocycles. The number of thiocarbonyl (C=S) groups is 1. The quantitative estimate of drug-likeness (QED) is 0.401. The molecule has 0 spiro atoms. The molecule has 3 aromatic carbocycles. The fourth-order valence-electron chi connectivity index (χ4n) is 2.97. The topological polar surface area (TPSA) is 61.8 Å². The van der Waals surface area contributed by atoms with Crippen LogP contribution in [0.3, 0.4) is 0 Å². The van der Waals surface area contributed by atoms with E-state index in [2.05, 4.69) is 10.3 Å². The molecule has 0 aromatic heterocycles. The van der Waals surface area contributed by atoms with Crippen LogP contribution in [0.2, 0.25) is 5.02 Å². The molecule has 0 radical (unpaired) electrons. The lowest BCUT2D eigenvalue weighted by molar-refractivity contribution is -0.130. The highest BCUT2D eigenvalue weighted by Gasteiger charge is 2.38. The highest BCUT2D eigenvalue weighted by Crippen LogP contribution is 2.24. The summed E-state index contributed by atoms with van der Waals surface area (Å²) in [5, 5.41) is 5.25. The molecule has 3 aromatic rings. The van der Waals surface area contributed by atoms with Gasteiger partial charge in [-0.2, -0.15) is 0 Å². The molecule has 1 atom stereocenters. The van der Waals surface area contributed by atoms with E-state index < -0.39 is 17.7 Å². The Morgan fingerprint density at radius 1 is 1.00 bits per heavy atom. The van der Waals surface area contributed by atoms with Gasteiger partial charge in [0, 0.05) is 11.2 Å². The Kier molecular flexibility index (Phi) is 4.90. The average molecular weight is 408 g/mol. The minimum absolute atomic E-state index is 0.0349. The number of nitrogens with one attached hydrogen (secondary N) is 1. The molecule has 1 aliphatic rings. The first-order valence-electron chi connectivity index (χ1n) is 8.50. The highest BCUT2D eigenvalue weighted by molar-refractivity contribution is 7.80. The van der Waals surface area contributed by atoms with E-state index in [-0.39, 0.29) is 5.11 Å². The van der Waals surface area contributed by atoms with Gasteiger partial charge in [0.25, 0.3) is 5.91 Å². The van der Waals surface area contributed by atoms with Crippen molar-refractivity contribution in [3.63, 3.8) is 0 Å². The van der Waals surface area contributed by atoms with Crippen LogP contribution in [0.5, 0.6) is 0 Å². The fraction of sp³-hybridized carbons (Fsp3) is 0.0476. The van der Waals surface area contributed by atoms with E-state index in [0.717, 1.165) is 10.8 Å². The molecule has 2 amide bonds. The van der Waals surface area contributed by atoms with E-state index in [4.69, 9.17) is 23.8 Å². The standard InChI is InChI=1S/C21H14ClN3O2S/c22-15-6-9-17(10-7-15)25-20(27)18(19(26)24-21(25)28)12-23-16-8-5-13-3-1-2-4-14(13)11-16/h1-12,18H,(H,24,26,28)/t18-/m1/s1. The van der Waals surface area contributed by atoms with Crippen LogP contribution in [-0.4, -0.2) is 23.1 Å². The minimum Gasteiger partial charge on any atom is -0.301 e. The Bertz CT molecular complexity index is 1130. The summed E-state index contributed by atoms with van der Waals surface area (Å²) in [7, 11) is 0. The third-order valence-electron chi connectivity index (χ3n) is 4.39. The number of anilines is 1. The van der Waals surface area contributed by atoms with E-state index in [1.807, 2.05) is 42.5 Å². The lowest BCUT2D eigenvalue weighted by Gasteiger charge is -2.30. The Balaban J connectivity index is 1.62. The molecule has 0 bridgehead atoms. The van der Waals surface area contributed by atoms with Gasteiger partial charge in [0.15, 0.2) is 11.0 Å². The van der Waals surface area contributed by atoms with Crippen molar-refractivity contribution in [3.8, 4) is 0 Å². The highest BCUT2D eigenvalue weighted by atomic mass is 35.5. The van der Waals surface area contributed by atoms with Gasteiger partial charge in [-0.1, -0.05) is 41.9 Å². The van der Waals surface area contributed by atoms with Gasteiger partial charge in [-0.3, -0.25) is 19.5 Å². The first kappa shape index (κ1) is 18.3. The van der Waals surface area contributed by atoms with Crippen LogP contribution in [0.25, 0.3) is 10.8 Å². The molecular weight excluding hydrogens is 394 g/mol. The summed E-state index contributed by atoms with van der Waals surface area (Å²) in [5.41, 5.74) is 1.19. The Morgan fingerprint density at radius 3 is 2.46 bits per heavy atom. The summed E-state index contributed by atoms with van der Waals surface area (Å²) < 4.78 is 0. The van der Waals surface area contributed by atoms with Crippen molar-refractivity contribution >= 4 is 69.1 Å². The summed E-state index contributed by atoms with van der Waals surface area (Å²) in [6.07, 6.45) is 1.35. The molecule has 1 heterocycles. The Labute approximate surface area is 171 Å². The van der Waals surface area contributed by atoms with Crippen LogP contribution < -0.4 is 10.2 Å². The number of hydrogen-bond donors (Lipinski definition) is 1. The van der Waals surface area contributed by atoms with E-state index in [0.29, 0.717) is 16.4 Å². The summed E-state index contributed by atoms with van der Waals surface area (Å²) in [4.78, 5) is 30.9. The maximum Gasteiger partial charge on any atom is 0.251 e. The molecule has 1 saturated heterocycles. The number of nitrogens with zero attached hydrogens (tertiary/aromatic N) is 2. The second-order valence-electron chi connectivity index (χ2n) is 6.23. The Morgan fingerprint density at radius 2 is 1.71 bits per heavy atom. The van der Waals surface area contributed by atoms with Crippen molar-refractivity contribution in [2.75, 3.05) is 4.90 Å². The molecule has 138 valence electrons. The third-order valence-corrected chi connectivity index (χ3v) is 4.93. The smallest absolute Gasteiger partial charge is 0.251 e. The normalized spacial score (nSPS) is 17.4. The van der Waals surface area contributed by atoms with Gasteiger partial charge in [-0.05, 0) is 59.4 Å². The van der Waals surface area contributed by atoms with Crippen molar-refractivity contribution < 1.29 is 9.59 Å². The zero-order valence-electron chi connectivity index (χ0n) is 14.5. The average Bonchev–Trinajstić information content (AvgIpc) is 2.69. The largest absolute Gasteiger partial charge is 0.301 e. The fourth-order valence-corrected chi connectivity index (χ4v) is 3.40. The molecule has 0 unspecified atom stereocenters. The van der Waals surface area contributed by atoms with Gasteiger partial charge in [0.1, 0.15) is 0 Å². The number of benzene rings is 3. The summed E-state index contributed by atoms with van der Waals surface area (Å²) in [6, 6.07) is 20.2. The monoisotopic (exact) mass is 407 g/mol. The zero-order chi connectivity index (χ0) is 19.7. The summed E-state index contributed by atoms with van der Waals surface area (Å²) >= 11 is 11.1. The molecule has 28 heavy (non-hydrogen) atoms. The van der Waals surface area contributed by atoms with Crippen molar-refractivity contribution in [2.24, 2.45) is 10.9 Å². The van der Waals surface area contributed by atoms with Crippen LogP contribution in [0.4, 0.5) is 11.4 Å². The van der Waals surface area contributed by atoms with Crippen LogP contribution in [0, 0.1) is 5.92 Å². The molecular formula is C21H14ClN3O2S. The van der Waals surface area contributed by atoms with Gasteiger partial charge in [-0.15, -0.1) is 0 Å². The third kappa shape index (κ3) is 3.52. The van der Waals surface area contributed by atoms with Gasteiger partial charge in [-0.25, -0.2) is 0 Å². The second kappa shape index (κ2) is 7.50. The SMILES string of the molecule is O=C1NC(=S)N(c2ccc(Cl)cc2)C(=O)[C@@H]1C=Nc1ccc2ccccc2c1. The molecule has 0 saturated carbocycles. The van der Waals surface area contributed by atoms with Crippen LogP contribution in [0.15, 0.2) is 71.7 Å². The minimum atomic E-state index is -1.08. The van der Waals surface area contributed by atoms with Gasteiger partial charge in [0.05, 0.1) is 11.4 Å². The van der Waals surface area contributed by atoms with Gasteiger partial charge < -0.3 is 5.32 Å². The number of hydrogen-bond acceptors (Lipinski definition) is 4. The lowest BCUT2D eigenvalue weighted by atomic mass is 10.1. The maximum atomic E-state index is 12.9. The zero-order valence-corrected chi connectivity index (χ0v) is 16.1. The number of carbonyl (C=O) groups is 2. The Hall–Kier alpha value is -3.09. The van der Waals surface area contributed by atoms with E-state index in [9.17, 15) is 9.59 Å². The number of carbonyl (C=O) groups excluding carboxylic acids is 2. The molecule has 1 fully saturated rings. The molecule has 1 N–H and O–H groups in total. The van der Waals surface area contributed by atoms with Crippen molar-refractivity contribution in [1.29, 1.82) is 0 Å². The van der Waals surface area contributed by atoms with Crippen LogP contribution in [0.1, 0.15) is 0 Å². The number of rotatable bonds is 3. The number of aliphatic imine (C=N–C) groups is 1. The summed E-state index contributed by atoms with van der Waals surface area (Å²) in [6.45, 7) is 0. The molecule has 4 rings (SSSR count). The van der Waals surface area contributed by atoms with Gasteiger partial charge >= 0.3 is 0 Å². The van der Waals surface area contributed by atoms with Crippen molar-refractivity contribution in [1.82, 2.24) is 5.32 Å². The number of fused-ring (bicyclic) bond motifs is 1. The predicted molar refractivity (Wildman–Crippen MR) is 115 cm³/mol. The van der Waals surface area contributed by atoms with Gasteiger partial charge in [0.2, 0.25) is 5.91 Å². The molecule has 1 aliphatic heterocycles. The maximum absolute atomic E-state index is 12.9. The lowest BCUT2D eigenvalue weighted by Crippen LogP contribution is -2.58. The first-order valence-corrected chi connectivity index (χ1v) is 9.29. The summed E-state index contributed by atoms with van der Waals surface area (Å²) in [5.74, 6) is -2.03. The molecule has 5 nitrogen and oxygen atoms in total. The van der Waals surface area contributed by atoms with Crippen molar-refractivity contribution in [2.45, 2.75) is 0 Å². The van der Waals surface area contributed by atoms with E-state index >= 15 is 0 Å². The van der Waals surface area contributed by atoms with Crippen LogP contribution in [-0.2, 0) is 9.59 Å². The molecule has 7 heteroatoms. The number of amides is 2. The van der Waals surface area contributed by atoms with E-state index in [1.54, 1.807) is 24.3 Å². The number of halogens is 1. The first-order chi connectivity index (χ1) is 13.5. The van der Waals surface area contributed by atoms with Crippen LogP contribution >= 0.6 is 23.8 Å². The predicted octanol–water partition coefficient (Wildman–Crippen LogP) is 4.26. The van der Waals surface area contributed by atoms with Crippen molar-refractivity contribution in [3.05, 3.63) is 71.8 Å². The van der Waals surface area contributed by atoms with E-state index in [1.165, 1.54) is 11.1 Å². The second-order valence-corrected chi connectivity index (χ2v) is 7.05.